The molecule has 1 unspecified atom stereocenters. The highest BCUT2D eigenvalue weighted by molar-refractivity contribution is 6.33. The molecule has 0 spiro atoms. The Kier molecular flexibility index (Phi) is 5.45. The van der Waals surface area contributed by atoms with Crippen LogP contribution in [-0.2, 0) is 4.79 Å². The maximum absolute atomic E-state index is 12.2. The molecule has 1 N–H and O–H groups in total. The van der Waals surface area contributed by atoms with Crippen molar-refractivity contribution in [3.05, 3.63) is 53.1 Å². The number of methoxy groups -OCH3 is 1. The van der Waals surface area contributed by atoms with Gasteiger partial charge in [0.1, 0.15) is 11.5 Å². The molecule has 0 saturated heterocycles. The van der Waals surface area contributed by atoms with Gasteiger partial charge >= 0.3 is 0 Å². The summed E-state index contributed by atoms with van der Waals surface area (Å²) in [7, 11) is 1.54. The summed E-state index contributed by atoms with van der Waals surface area (Å²) in [4.78, 5) is 12.2. The van der Waals surface area contributed by atoms with Crippen molar-refractivity contribution in [2.45, 2.75) is 13.0 Å². The van der Waals surface area contributed by atoms with Crippen LogP contribution in [-0.4, -0.2) is 19.1 Å². The number of anilines is 1. The summed E-state index contributed by atoms with van der Waals surface area (Å²) in [6.07, 6.45) is -0.748. The van der Waals surface area contributed by atoms with Crippen LogP contribution in [0, 0.1) is 11.3 Å². The molecule has 0 aromatic heterocycles. The normalized spacial score (nSPS) is 11.2. The van der Waals surface area contributed by atoms with E-state index in [9.17, 15) is 4.79 Å². The number of carbonyl (C=O) groups excluding carboxylic acids is 1. The summed E-state index contributed by atoms with van der Waals surface area (Å²) in [5, 5.41) is 11.9. The molecule has 118 valence electrons. The number of nitrogens with zero attached hydrogens (tertiary/aromatic N) is 1. The van der Waals surface area contributed by atoms with E-state index < -0.39 is 6.10 Å². The van der Waals surface area contributed by atoms with E-state index in [1.165, 1.54) is 7.11 Å². The molecule has 0 heterocycles. The molecule has 0 aliphatic carbocycles. The minimum absolute atomic E-state index is 0.348. The Balaban J connectivity index is 2.04. The van der Waals surface area contributed by atoms with Gasteiger partial charge in [-0.05, 0) is 37.3 Å². The van der Waals surface area contributed by atoms with Crippen LogP contribution in [0.25, 0.3) is 0 Å². The lowest BCUT2D eigenvalue weighted by molar-refractivity contribution is -0.122. The number of hydrogen-bond donors (Lipinski definition) is 1. The zero-order valence-corrected chi connectivity index (χ0v) is 13.4. The Morgan fingerprint density at radius 3 is 2.70 bits per heavy atom. The van der Waals surface area contributed by atoms with Crippen molar-refractivity contribution >= 4 is 23.2 Å². The van der Waals surface area contributed by atoms with E-state index >= 15 is 0 Å². The zero-order valence-electron chi connectivity index (χ0n) is 12.7. The standard InChI is InChI=1S/C17H15ClN2O3/c1-11(23-14-5-3-4-12(8-14)10-19)17(21)20-16-7-6-13(22-2)9-15(16)18/h3-9,11H,1-2H3,(H,20,21). The number of rotatable bonds is 5. The van der Waals surface area contributed by atoms with E-state index in [0.717, 1.165) is 0 Å². The van der Waals surface area contributed by atoms with E-state index in [1.54, 1.807) is 49.4 Å². The average Bonchev–Trinajstić information content (AvgIpc) is 2.56. The smallest absolute Gasteiger partial charge is 0.265 e. The van der Waals surface area contributed by atoms with Gasteiger partial charge in [0.05, 0.1) is 29.5 Å². The minimum Gasteiger partial charge on any atom is -0.497 e. The molecule has 5 nitrogen and oxygen atoms in total. The predicted molar refractivity (Wildman–Crippen MR) is 87.9 cm³/mol. The third-order valence-electron chi connectivity index (χ3n) is 3.08. The molecule has 2 rings (SSSR count). The minimum atomic E-state index is -0.748. The number of hydrogen-bond acceptors (Lipinski definition) is 4. The van der Waals surface area contributed by atoms with E-state index in [0.29, 0.717) is 27.8 Å². The molecular formula is C17H15ClN2O3. The van der Waals surface area contributed by atoms with Crippen LogP contribution in [0.3, 0.4) is 0 Å². The molecule has 0 aliphatic heterocycles. The molecule has 23 heavy (non-hydrogen) atoms. The van der Waals surface area contributed by atoms with Gasteiger partial charge in [-0.15, -0.1) is 0 Å². The first-order valence-corrected chi connectivity index (χ1v) is 7.22. The first kappa shape index (κ1) is 16.7. The van der Waals surface area contributed by atoms with E-state index in [2.05, 4.69) is 5.32 Å². The summed E-state index contributed by atoms with van der Waals surface area (Å²) in [5.41, 5.74) is 0.937. The third kappa shape index (κ3) is 4.38. The van der Waals surface area contributed by atoms with Crippen LogP contribution < -0.4 is 14.8 Å². The largest absolute Gasteiger partial charge is 0.497 e. The van der Waals surface area contributed by atoms with Crippen LogP contribution in [0.2, 0.25) is 5.02 Å². The van der Waals surface area contributed by atoms with Crippen molar-refractivity contribution < 1.29 is 14.3 Å². The SMILES string of the molecule is COc1ccc(NC(=O)C(C)Oc2cccc(C#N)c2)c(Cl)c1. The second-order valence-electron chi connectivity index (χ2n) is 4.73. The molecule has 2 aromatic carbocycles. The number of ether oxygens (including phenoxy) is 2. The van der Waals surface area contributed by atoms with E-state index in [4.69, 9.17) is 26.3 Å². The Morgan fingerprint density at radius 1 is 1.26 bits per heavy atom. The second-order valence-corrected chi connectivity index (χ2v) is 5.14. The lowest BCUT2D eigenvalue weighted by atomic mass is 10.2. The van der Waals surface area contributed by atoms with Crippen LogP contribution >= 0.6 is 11.6 Å². The van der Waals surface area contributed by atoms with Gasteiger partial charge in [0.15, 0.2) is 6.10 Å². The van der Waals surface area contributed by atoms with Crippen molar-refractivity contribution in [1.82, 2.24) is 0 Å². The number of nitriles is 1. The van der Waals surface area contributed by atoms with Crippen molar-refractivity contribution in [3.8, 4) is 17.6 Å². The zero-order chi connectivity index (χ0) is 16.8. The molecule has 1 atom stereocenters. The Morgan fingerprint density at radius 2 is 2.04 bits per heavy atom. The van der Waals surface area contributed by atoms with Gasteiger partial charge in [0.2, 0.25) is 0 Å². The Bertz CT molecular complexity index is 756. The molecule has 1 amide bonds. The fourth-order valence-electron chi connectivity index (χ4n) is 1.86. The van der Waals surface area contributed by atoms with Gasteiger partial charge in [0.25, 0.3) is 5.91 Å². The van der Waals surface area contributed by atoms with E-state index in [1.807, 2.05) is 6.07 Å². The highest BCUT2D eigenvalue weighted by Gasteiger charge is 2.16. The topological polar surface area (TPSA) is 71.3 Å². The Hall–Kier alpha value is -2.71. The summed E-state index contributed by atoms with van der Waals surface area (Å²) < 4.78 is 10.6. The molecule has 2 aromatic rings. The number of amides is 1. The van der Waals surface area contributed by atoms with Crippen molar-refractivity contribution in [1.29, 1.82) is 5.26 Å². The van der Waals surface area contributed by atoms with Gasteiger partial charge < -0.3 is 14.8 Å². The first-order valence-electron chi connectivity index (χ1n) is 6.84. The quantitative estimate of drug-likeness (QED) is 0.908. The number of nitrogens with one attached hydrogen (secondary N) is 1. The summed E-state index contributed by atoms with van der Waals surface area (Å²) in [5.74, 6) is 0.706. The van der Waals surface area contributed by atoms with Gasteiger partial charge in [-0.3, -0.25) is 4.79 Å². The number of carbonyl (C=O) groups is 1. The van der Waals surface area contributed by atoms with Gasteiger partial charge in [-0.25, -0.2) is 0 Å². The van der Waals surface area contributed by atoms with Gasteiger partial charge in [-0.1, -0.05) is 17.7 Å². The molecule has 0 bridgehead atoms. The van der Waals surface area contributed by atoms with Crippen molar-refractivity contribution in [2.24, 2.45) is 0 Å². The number of halogens is 1. The van der Waals surface area contributed by atoms with E-state index in [-0.39, 0.29) is 5.91 Å². The lowest BCUT2D eigenvalue weighted by Crippen LogP contribution is -2.30. The maximum atomic E-state index is 12.2. The van der Waals surface area contributed by atoms with Crippen molar-refractivity contribution in [2.75, 3.05) is 12.4 Å². The summed E-state index contributed by atoms with van der Waals surface area (Å²) >= 11 is 6.09. The molecule has 0 radical (unpaired) electrons. The van der Waals surface area contributed by atoms with Gasteiger partial charge in [0, 0.05) is 6.07 Å². The average molecular weight is 331 g/mol. The summed E-state index contributed by atoms with van der Waals surface area (Å²) in [6.45, 7) is 1.62. The molecule has 0 fully saturated rings. The van der Waals surface area contributed by atoms with Crippen LogP contribution in [0.1, 0.15) is 12.5 Å². The van der Waals surface area contributed by atoms with Crippen LogP contribution in [0.4, 0.5) is 5.69 Å². The Labute approximate surface area is 139 Å². The number of benzene rings is 2. The predicted octanol–water partition coefficient (Wildman–Crippen LogP) is 3.63. The second kappa shape index (κ2) is 7.52. The molecule has 0 aliphatic rings. The first-order chi connectivity index (χ1) is 11.0. The van der Waals surface area contributed by atoms with Crippen molar-refractivity contribution in [3.63, 3.8) is 0 Å². The lowest BCUT2D eigenvalue weighted by Gasteiger charge is -2.15. The third-order valence-corrected chi connectivity index (χ3v) is 3.39. The van der Waals surface area contributed by atoms with Crippen LogP contribution in [0.15, 0.2) is 42.5 Å². The maximum Gasteiger partial charge on any atom is 0.265 e. The molecule has 0 saturated carbocycles. The van der Waals surface area contributed by atoms with Crippen LogP contribution in [0.5, 0.6) is 11.5 Å². The molecular weight excluding hydrogens is 316 g/mol. The molecule has 6 heteroatoms. The van der Waals surface area contributed by atoms with Gasteiger partial charge in [-0.2, -0.15) is 5.26 Å². The fraction of sp³-hybridized carbons (Fsp3) is 0.176. The highest BCUT2D eigenvalue weighted by atomic mass is 35.5. The highest BCUT2D eigenvalue weighted by Crippen LogP contribution is 2.27. The fourth-order valence-corrected chi connectivity index (χ4v) is 2.07. The monoisotopic (exact) mass is 330 g/mol. The summed E-state index contributed by atoms with van der Waals surface area (Å²) in [6, 6.07) is 13.6.